The Morgan fingerprint density at radius 3 is 2.23 bits per heavy atom. The van der Waals surface area contributed by atoms with Crippen molar-refractivity contribution >= 4 is 5.69 Å². The lowest BCUT2D eigenvalue weighted by Gasteiger charge is -2.11. The van der Waals surface area contributed by atoms with Crippen LogP contribution in [0.5, 0.6) is 0 Å². The van der Waals surface area contributed by atoms with Crippen LogP contribution in [0.15, 0.2) is 6.07 Å². The Hall–Kier alpha value is -1.12. The van der Waals surface area contributed by atoms with Crippen molar-refractivity contribution in [1.82, 2.24) is 0 Å². The smallest absolute Gasteiger partial charge is 0.152 e. The third-order valence-electron chi connectivity index (χ3n) is 2.07. The summed E-state index contributed by atoms with van der Waals surface area (Å²) < 4.78 is 26.4. The van der Waals surface area contributed by atoms with Crippen molar-refractivity contribution in [1.29, 1.82) is 0 Å². The fraction of sp³-hybridized carbons (Fsp3) is 0.400. The van der Waals surface area contributed by atoms with Gasteiger partial charge in [-0.15, -0.1) is 0 Å². The lowest BCUT2D eigenvalue weighted by molar-refractivity contribution is 0.568. The Bertz CT molecular complexity index is 332. The van der Waals surface area contributed by atoms with Gasteiger partial charge in [-0.1, -0.05) is 13.8 Å². The fourth-order valence-electron chi connectivity index (χ4n) is 1.24. The van der Waals surface area contributed by atoms with E-state index in [1.165, 1.54) is 6.07 Å². The molecule has 0 saturated carbocycles. The van der Waals surface area contributed by atoms with E-state index in [0.717, 1.165) is 0 Å². The molecule has 0 saturated heterocycles. The molecule has 13 heavy (non-hydrogen) atoms. The molecule has 0 radical (unpaired) electrons. The van der Waals surface area contributed by atoms with Crippen molar-refractivity contribution in [3.63, 3.8) is 0 Å². The minimum absolute atomic E-state index is 0.0154. The van der Waals surface area contributed by atoms with Crippen molar-refractivity contribution in [2.45, 2.75) is 26.7 Å². The quantitative estimate of drug-likeness (QED) is 0.669. The van der Waals surface area contributed by atoms with Crippen LogP contribution in [0.3, 0.4) is 0 Å². The first kappa shape index (κ1) is 9.96. The van der Waals surface area contributed by atoms with Gasteiger partial charge in [0.1, 0.15) is 5.69 Å². The van der Waals surface area contributed by atoms with Crippen molar-refractivity contribution < 1.29 is 8.78 Å². The van der Waals surface area contributed by atoms with Crippen molar-refractivity contribution in [2.75, 3.05) is 5.73 Å². The van der Waals surface area contributed by atoms with Crippen LogP contribution in [0, 0.1) is 18.6 Å². The van der Waals surface area contributed by atoms with Gasteiger partial charge >= 0.3 is 0 Å². The number of nitrogens with two attached hydrogens (primary N) is 1. The van der Waals surface area contributed by atoms with Crippen molar-refractivity contribution in [3.8, 4) is 0 Å². The average Bonchev–Trinajstić information content (AvgIpc) is 2.07. The predicted octanol–water partition coefficient (Wildman–Crippen LogP) is 2.98. The molecule has 1 aromatic rings. The van der Waals surface area contributed by atoms with Crippen LogP contribution in [0.4, 0.5) is 14.5 Å². The molecule has 0 amide bonds. The van der Waals surface area contributed by atoms with Crippen LogP contribution in [0.25, 0.3) is 0 Å². The number of aryl methyl sites for hydroxylation is 1. The zero-order valence-corrected chi connectivity index (χ0v) is 7.99. The summed E-state index contributed by atoms with van der Waals surface area (Å²) in [4.78, 5) is 0. The maximum atomic E-state index is 13.3. The number of halogens is 2. The molecule has 1 rings (SSSR count). The topological polar surface area (TPSA) is 26.0 Å². The summed E-state index contributed by atoms with van der Waals surface area (Å²) in [5.41, 5.74) is 5.76. The minimum Gasteiger partial charge on any atom is -0.394 e. The SMILES string of the molecule is Cc1cc(C(C)C)c(F)c(N)c1F. The zero-order valence-electron chi connectivity index (χ0n) is 7.99. The monoisotopic (exact) mass is 185 g/mol. The predicted molar refractivity (Wildman–Crippen MR) is 49.6 cm³/mol. The molecule has 1 nitrogen and oxygen atoms in total. The Kier molecular flexibility index (Phi) is 2.55. The third kappa shape index (κ3) is 1.64. The molecular formula is C10H13F2N. The molecule has 0 fully saturated rings. The molecule has 0 unspecified atom stereocenters. The van der Waals surface area contributed by atoms with Crippen LogP contribution >= 0.6 is 0 Å². The summed E-state index contributed by atoms with van der Waals surface area (Å²) in [5.74, 6) is -1.26. The molecular weight excluding hydrogens is 172 g/mol. The third-order valence-corrected chi connectivity index (χ3v) is 2.07. The van der Waals surface area contributed by atoms with E-state index in [2.05, 4.69) is 0 Å². The molecule has 0 heterocycles. The summed E-state index contributed by atoms with van der Waals surface area (Å²) in [7, 11) is 0. The van der Waals surface area contributed by atoms with E-state index in [-0.39, 0.29) is 11.6 Å². The van der Waals surface area contributed by atoms with Gasteiger partial charge in [0, 0.05) is 0 Å². The number of anilines is 1. The minimum atomic E-state index is -0.651. The summed E-state index contributed by atoms with van der Waals surface area (Å²) in [6.45, 7) is 5.27. The Balaban J connectivity index is 3.41. The highest BCUT2D eigenvalue weighted by atomic mass is 19.1. The van der Waals surface area contributed by atoms with Crippen LogP contribution in [0.2, 0.25) is 0 Å². The van der Waals surface area contributed by atoms with Crippen LogP contribution in [-0.4, -0.2) is 0 Å². The highest BCUT2D eigenvalue weighted by molar-refractivity contribution is 5.48. The van der Waals surface area contributed by atoms with Crippen molar-refractivity contribution in [3.05, 3.63) is 28.8 Å². The Labute approximate surface area is 76.6 Å². The summed E-state index contributed by atoms with van der Waals surface area (Å²) in [5, 5.41) is 0. The largest absolute Gasteiger partial charge is 0.394 e. The molecule has 0 spiro atoms. The second-order valence-corrected chi connectivity index (χ2v) is 3.48. The summed E-state index contributed by atoms with van der Waals surface area (Å²) in [6, 6.07) is 1.51. The highest BCUT2D eigenvalue weighted by Gasteiger charge is 2.15. The van der Waals surface area contributed by atoms with Gasteiger partial charge in [0.2, 0.25) is 0 Å². The first-order valence-electron chi connectivity index (χ1n) is 4.19. The van der Waals surface area contributed by atoms with E-state index in [1.54, 1.807) is 6.92 Å². The van der Waals surface area contributed by atoms with E-state index >= 15 is 0 Å². The second kappa shape index (κ2) is 3.32. The summed E-state index contributed by atoms with van der Waals surface area (Å²) >= 11 is 0. The molecule has 72 valence electrons. The van der Waals surface area contributed by atoms with E-state index in [0.29, 0.717) is 11.1 Å². The second-order valence-electron chi connectivity index (χ2n) is 3.48. The lowest BCUT2D eigenvalue weighted by atomic mass is 9.99. The number of hydrogen-bond acceptors (Lipinski definition) is 1. The molecule has 0 aliphatic carbocycles. The molecule has 0 bridgehead atoms. The molecule has 0 aliphatic rings. The Morgan fingerprint density at radius 1 is 1.23 bits per heavy atom. The van der Waals surface area contributed by atoms with Gasteiger partial charge in [-0.3, -0.25) is 0 Å². The standard InChI is InChI=1S/C10H13F2N/c1-5(2)7-4-6(3)8(11)10(13)9(7)12/h4-5H,13H2,1-3H3. The maximum absolute atomic E-state index is 13.3. The van der Waals surface area contributed by atoms with Crippen molar-refractivity contribution in [2.24, 2.45) is 0 Å². The van der Waals surface area contributed by atoms with Gasteiger partial charge in [-0.05, 0) is 30.0 Å². The van der Waals surface area contributed by atoms with E-state index in [1.807, 2.05) is 13.8 Å². The van der Waals surface area contributed by atoms with Gasteiger partial charge in [0.05, 0.1) is 0 Å². The van der Waals surface area contributed by atoms with Crippen LogP contribution in [-0.2, 0) is 0 Å². The lowest BCUT2D eigenvalue weighted by Crippen LogP contribution is -2.03. The number of nitrogen functional groups attached to an aromatic ring is 1. The Morgan fingerprint density at radius 2 is 1.77 bits per heavy atom. The van der Waals surface area contributed by atoms with Gasteiger partial charge in [0.25, 0.3) is 0 Å². The van der Waals surface area contributed by atoms with E-state index < -0.39 is 11.6 Å². The normalized spacial score (nSPS) is 10.9. The first-order chi connectivity index (χ1) is 5.95. The average molecular weight is 185 g/mol. The molecule has 3 heteroatoms. The molecule has 0 aliphatic heterocycles. The van der Waals surface area contributed by atoms with Gasteiger partial charge < -0.3 is 5.73 Å². The van der Waals surface area contributed by atoms with E-state index in [4.69, 9.17) is 5.73 Å². The van der Waals surface area contributed by atoms with Gasteiger partial charge in [0.15, 0.2) is 11.6 Å². The first-order valence-corrected chi connectivity index (χ1v) is 4.19. The maximum Gasteiger partial charge on any atom is 0.152 e. The number of hydrogen-bond donors (Lipinski definition) is 1. The summed E-state index contributed by atoms with van der Waals surface area (Å²) in [6.07, 6.45) is 0. The van der Waals surface area contributed by atoms with Crippen LogP contribution < -0.4 is 5.73 Å². The molecule has 2 N–H and O–H groups in total. The van der Waals surface area contributed by atoms with Gasteiger partial charge in [-0.25, -0.2) is 8.78 Å². The molecule has 0 aromatic heterocycles. The highest BCUT2D eigenvalue weighted by Crippen LogP contribution is 2.27. The molecule has 0 atom stereocenters. The molecule has 1 aromatic carbocycles. The zero-order chi connectivity index (χ0) is 10.2. The number of benzene rings is 1. The van der Waals surface area contributed by atoms with Gasteiger partial charge in [-0.2, -0.15) is 0 Å². The van der Waals surface area contributed by atoms with Crippen LogP contribution in [0.1, 0.15) is 30.9 Å². The van der Waals surface area contributed by atoms with E-state index in [9.17, 15) is 8.78 Å². The fourth-order valence-corrected chi connectivity index (χ4v) is 1.24. The number of rotatable bonds is 1.